The molecule has 0 rings (SSSR count). The van der Waals surface area contributed by atoms with Crippen molar-refractivity contribution in [2.75, 3.05) is 0 Å². The number of hydrazine groups is 2. The molecular weight excluding hydrogens is 204 g/mol. The van der Waals surface area contributed by atoms with Crippen LogP contribution in [-0.4, -0.2) is 11.1 Å². The molecule has 6 N–H and O–H groups in total. The van der Waals surface area contributed by atoms with Crippen molar-refractivity contribution in [1.29, 1.82) is 0 Å². The van der Waals surface area contributed by atoms with Gasteiger partial charge in [0.25, 0.3) is 0 Å². The van der Waals surface area contributed by atoms with Crippen LogP contribution in [0.5, 0.6) is 0 Å². The summed E-state index contributed by atoms with van der Waals surface area (Å²) < 4.78 is 0. The monoisotopic (exact) mass is 232 g/mol. The first-order chi connectivity index (χ1) is 7.20. The van der Waals surface area contributed by atoms with Crippen LogP contribution in [0.15, 0.2) is 0 Å². The summed E-state index contributed by atoms with van der Waals surface area (Å²) in [6, 6.07) is -0.852. The van der Waals surface area contributed by atoms with Crippen LogP contribution in [0.1, 0.15) is 59.8 Å². The fraction of sp³-hybridized carbons (Fsp3) is 0.909. The second-order valence-electron chi connectivity index (χ2n) is 5.12. The number of hydrogen-bond acceptors (Lipinski definition) is 3. The fourth-order valence-electron chi connectivity index (χ4n) is 1.08. The summed E-state index contributed by atoms with van der Waals surface area (Å²) >= 11 is 0. The van der Waals surface area contributed by atoms with Gasteiger partial charge < -0.3 is 5.73 Å². The fourth-order valence-corrected chi connectivity index (χ4v) is 1.08. The van der Waals surface area contributed by atoms with Gasteiger partial charge in [-0.05, 0) is 11.8 Å². The molecule has 0 bridgehead atoms. The topological polar surface area (TPSA) is 98.4 Å². The zero-order valence-corrected chi connectivity index (χ0v) is 11.1. The Balaban J connectivity index is 0. The molecule has 16 heavy (non-hydrogen) atoms. The van der Waals surface area contributed by atoms with E-state index in [0.29, 0.717) is 10.5 Å². The predicted octanol–water partition coefficient (Wildman–Crippen LogP) is 2.12. The minimum atomic E-state index is -0.852. The van der Waals surface area contributed by atoms with Gasteiger partial charge in [0, 0.05) is 0 Å². The molecule has 0 unspecified atom stereocenters. The molecule has 0 saturated carbocycles. The lowest BCUT2D eigenvalue weighted by Gasteiger charge is -2.17. The molecule has 0 radical (unpaired) electrons. The van der Waals surface area contributed by atoms with Crippen molar-refractivity contribution in [3.63, 3.8) is 0 Å². The highest BCUT2D eigenvalue weighted by atomic mass is 16.2. The molecule has 0 aliphatic carbocycles. The maximum Gasteiger partial charge on any atom is 0.343 e. The molecule has 0 aromatic heterocycles. The molecule has 0 aliphatic heterocycles. The Kier molecular flexibility index (Phi) is 10.3. The van der Waals surface area contributed by atoms with Gasteiger partial charge in [-0.15, -0.1) is 0 Å². The van der Waals surface area contributed by atoms with Gasteiger partial charge in [-0.25, -0.2) is 16.5 Å². The number of nitrogens with zero attached hydrogens (tertiary/aromatic N) is 1. The van der Waals surface area contributed by atoms with Gasteiger partial charge in [-0.1, -0.05) is 53.4 Å². The molecule has 0 fully saturated rings. The highest BCUT2D eigenvalue weighted by Crippen LogP contribution is 2.22. The van der Waals surface area contributed by atoms with Crippen LogP contribution < -0.4 is 17.4 Å². The van der Waals surface area contributed by atoms with Crippen molar-refractivity contribution in [3.05, 3.63) is 0 Å². The Morgan fingerprint density at radius 2 is 1.56 bits per heavy atom. The van der Waals surface area contributed by atoms with Crippen molar-refractivity contribution in [2.24, 2.45) is 22.8 Å². The first-order valence-corrected chi connectivity index (χ1v) is 5.79. The van der Waals surface area contributed by atoms with Crippen molar-refractivity contribution < 1.29 is 4.79 Å². The largest absolute Gasteiger partial charge is 0.349 e. The van der Waals surface area contributed by atoms with Crippen LogP contribution in [0, 0.1) is 5.41 Å². The van der Waals surface area contributed by atoms with Crippen LogP contribution >= 0.6 is 0 Å². The Bertz CT molecular complexity index is 175. The molecule has 98 valence electrons. The molecule has 0 aromatic rings. The van der Waals surface area contributed by atoms with E-state index in [1.807, 2.05) is 0 Å². The maximum absolute atomic E-state index is 9.60. The van der Waals surface area contributed by atoms with E-state index >= 15 is 0 Å². The molecule has 2 amide bonds. The Hall–Kier alpha value is -0.810. The van der Waals surface area contributed by atoms with E-state index in [4.69, 9.17) is 0 Å². The number of urea groups is 1. The molecule has 0 aliphatic rings. The Morgan fingerprint density at radius 3 is 1.81 bits per heavy atom. The Morgan fingerprint density at radius 1 is 1.12 bits per heavy atom. The molecular formula is C11H28N4O. The molecule has 0 heterocycles. The smallest absolute Gasteiger partial charge is 0.343 e. The minimum Gasteiger partial charge on any atom is -0.349 e. The van der Waals surface area contributed by atoms with Crippen molar-refractivity contribution in [3.8, 4) is 0 Å². The van der Waals surface area contributed by atoms with Crippen LogP contribution in [-0.2, 0) is 0 Å². The Labute approximate surface area is 99.3 Å². The van der Waals surface area contributed by atoms with Gasteiger partial charge in [0.2, 0.25) is 0 Å². The number of primary amides is 1. The third-order valence-electron chi connectivity index (χ3n) is 2.03. The number of amides is 2. The van der Waals surface area contributed by atoms with Crippen LogP contribution in [0.2, 0.25) is 0 Å². The van der Waals surface area contributed by atoms with E-state index in [-0.39, 0.29) is 0 Å². The van der Waals surface area contributed by atoms with Crippen LogP contribution in [0.25, 0.3) is 0 Å². The van der Waals surface area contributed by atoms with Crippen LogP contribution in [0.3, 0.4) is 0 Å². The average Bonchev–Trinajstić information content (AvgIpc) is 2.12. The van der Waals surface area contributed by atoms with E-state index in [1.54, 1.807) is 0 Å². The molecule has 5 heteroatoms. The molecule has 0 atom stereocenters. The summed E-state index contributed by atoms with van der Waals surface area (Å²) in [5, 5.41) is 0.306. The number of unbranched alkanes of at least 4 members (excludes halogenated alkanes) is 3. The first kappa shape index (κ1) is 17.6. The molecule has 5 nitrogen and oxygen atoms in total. The van der Waals surface area contributed by atoms with Crippen molar-refractivity contribution >= 4 is 6.03 Å². The van der Waals surface area contributed by atoms with Gasteiger partial charge in [-0.2, -0.15) is 5.12 Å². The SMILES string of the molecule is CCCCCCC(C)(C)C.NC(=O)N(N)N. The third-order valence-corrected chi connectivity index (χ3v) is 2.03. The lowest BCUT2D eigenvalue weighted by molar-refractivity contribution is 0.210. The number of nitrogens with two attached hydrogens (primary N) is 3. The highest BCUT2D eigenvalue weighted by molar-refractivity contribution is 5.70. The van der Waals surface area contributed by atoms with E-state index in [9.17, 15) is 4.79 Å². The summed E-state index contributed by atoms with van der Waals surface area (Å²) in [5.74, 6) is 9.14. The quantitative estimate of drug-likeness (QED) is 0.299. The standard InChI is InChI=1S/C10H22.CH6N4O/c1-5-6-7-8-9-10(2,3)4;2-1(6)5(3)4/h5-9H2,1-4H3;3-4H2,(H2,2,6). The number of rotatable bonds is 4. The normalized spacial score (nSPS) is 10.4. The second-order valence-corrected chi connectivity index (χ2v) is 5.12. The predicted molar refractivity (Wildman–Crippen MR) is 68.0 cm³/mol. The summed E-state index contributed by atoms with van der Waals surface area (Å²) in [7, 11) is 0. The number of carbonyl (C=O) groups is 1. The zero-order valence-electron chi connectivity index (χ0n) is 11.1. The lowest BCUT2D eigenvalue weighted by atomic mass is 9.89. The minimum absolute atomic E-state index is 0.306. The summed E-state index contributed by atoms with van der Waals surface area (Å²) in [5.41, 5.74) is 5.02. The summed E-state index contributed by atoms with van der Waals surface area (Å²) in [4.78, 5) is 9.60. The number of carbonyl (C=O) groups excluding carboxylic acids is 1. The van der Waals surface area contributed by atoms with E-state index in [1.165, 1.54) is 32.1 Å². The van der Waals surface area contributed by atoms with Gasteiger partial charge in [0.15, 0.2) is 0 Å². The average molecular weight is 232 g/mol. The van der Waals surface area contributed by atoms with E-state index < -0.39 is 6.03 Å². The van der Waals surface area contributed by atoms with Crippen LogP contribution in [0.4, 0.5) is 4.79 Å². The van der Waals surface area contributed by atoms with Gasteiger partial charge in [0.05, 0.1) is 0 Å². The third kappa shape index (κ3) is 18.9. The second kappa shape index (κ2) is 9.42. The highest BCUT2D eigenvalue weighted by Gasteiger charge is 2.08. The molecule has 0 aromatic carbocycles. The van der Waals surface area contributed by atoms with Crippen molar-refractivity contribution in [1.82, 2.24) is 5.12 Å². The molecule has 0 saturated heterocycles. The number of hydrogen-bond donors (Lipinski definition) is 3. The lowest BCUT2D eigenvalue weighted by Crippen LogP contribution is -2.46. The zero-order chi connectivity index (χ0) is 13.2. The van der Waals surface area contributed by atoms with E-state index in [0.717, 1.165) is 0 Å². The molecule has 0 spiro atoms. The van der Waals surface area contributed by atoms with Gasteiger partial charge >= 0.3 is 6.03 Å². The summed E-state index contributed by atoms with van der Waals surface area (Å²) in [6.45, 7) is 9.22. The van der Waals surface area contributed by atoms with Gasteiger partial charge in [-0.3, -0.25) is 0 Å². The van der Waals surface area contributed by atoms with E-state index in [2.05, 4.69) is 45.1 Å². The van der Waals surface area contributed by atoms with Crippen molar-refractivity contribution in [2.45, 2.75) is 59.8 Å². The summed E-state index contributed by atoms with van der Waals surface area (Å²) in [6.07, 6.45) is 6.98. The first-order valence-electron chi connectivity index (χ1n) is 5.79. The van der Waals surface area contributed by atoms with Gasteiger partial charge in [0.1, 0.15) is 0 Å². The maximum atomic E-state index is 9.60.